The molecule has 0 unspecified atom stereocenters. The average molecular weight is 207 g/mol. The topological polar surface area (TPSA) is 45.2 Å². The molecule has 5 heteroatoms. The van der Waals surface area contributed by atoms with Crippen LogP contribution in [0.2, 0.25) is 0 Å². The molecule has 1 amide bonds. The summed E-state index contributed by atoms with van der Waals surface area (Å²) in [7, 11) is 0. The van der Waals surface area contributed by atoms with Crippen LogP contribution in [0.25, 0.3) is 0 Å². The Labute approximate surface area is 82.1 Å². The first-order valence-corrected chi connectivity index (χ1v) is 3.09. The summed E-state index contributed by atoms with van der Waals surface area (Å²) in [6.07, 6.45) is 3.83. The summed E-state index contributed by atoms with van der Waals surface area (Å²) in [5, 5.41) is 0. The SMILES string of the molecule is Cl.Cl.O=C1Cc2cc[nH]c2C=N1. The molecule has 1 aromatic heterocycles. The maximum absolute atomic E-state index is 10.7. The largest absolute Gasteiger partial charge is 0.360 e. The van der Waals surface area contributed by atoms with Crippen molar-refractivity contribution >= 4 is 36.9 Å². The van der Waals surface area contributed by atoms with Crippen LogP contribution < -0.4 is 0 Å². The zero-order chi connectivity index (χ0) is 6.97. The number of carbonyl (C=O) groups is 1. The van der Waals surface area contributed by atoms with E-state index in [4.69, 9.17) is 0 Å². The lowest BCUT2D eigenvalue weighted by atomic mass is 10.1. The summed E-state index contributed by atoms with van der Waals surface area (Å²) in [5.41, 5.74) is 2.00. The van der Waals surface area contributed by atoms with Gasteiger partial charge in [-0.25, -0.2) is 4.99 Å². The molecule has 0 saturated carbocycles. The van der Waals surface area contributed by atoms with Crippen LogP contribution in [0.5, 0.6) is 0 Å². The fourth-order valence-electron chi connectivity index (χ4n) is 1.03. The van der Waals surface area contributed by atoms with Gasteiger partial charge in [0.2, 0.25) is 5.91 Å². The Morgan fingerprint density at radius 2 is 2.17 bits per heavy atom. The van der Waals surface area contributed by atoms with E-state index >= 15 is 0 Å². The number of H-pyrrole nitrogens is 1. The molecule has 1 aromatic rings. The molecular formula is C7H8Cl2N2O. The smallest absolute Gasteiger partial charge is 0.250 e. The third-order valence-electron chi connectivity index (χ3n) is 1.55. The molecule has 2 heterocycles. The Hall–Kier alpha value is -0.800. The maximum Gasteiger partial charge on any atom is 0.250 e. The zero-order valence-electron chi connectivity index (χ0n) is 6.11. The number of hydrogen-bond acceptors (Lipinski definition) is 1. The second kappa shape index (κ2) is 4.28. The number of nitrogens with zero attached hydrogens (tertiary/aromatic N) is 1. The predicted molar refractivity (Wildman–Crippen MR) is 51.6 cm³/mol. The lowest BCUT2D eigenvalue weighted by Gasteiger charge is -2.00. The number of carbonyl (C=O) groups excluding carboxylic acids is 1. The Kier molecular flexibility index (Phi) is 4.00. The summed E-state index contributed by atoms with van der Waals surface area (Å²) < 4.78 is 0. The molecular weight excluding hydrogens is 199 g/mol. The number of rotatable bonds is 0. The molecule has 0 bridgehead atoms. The Morgan fingerprint density at radius 3 is 2.92 bits per heavy atom. The van der Waals surface area contributed by atoms with E-state index in [1.807, 2.05) is 12.3 Å². The van der Waals surface area contributed by atoms with Crippen molar-refractivity contribution in [2.24, 2.45) is 4.99 Å². The van der Waals surface area contributed by atoms with Crippen LogP contribution in [0.4, 0.5) is 0 Å². The molecule has 12 heavy (non-hydrogen) atoms. The van der Waals surface area contributed by atoms with Gasteiger partial charge in [-0.2, -0.15) is 0 Å². The van der Waals surface area contributed by atoms with Gasteiger partial charge in [-0.05, 0) is 11.6 Å². The Morgan fingerprint density at radius 1 is 1.42 bits per heavy atom. The predicted octanol–water partition coefficient (Wildman–Crippen LogP) is 1.36. The molecule has 0 aliphatic carbocycles. The fraction of sp³-hybridized carbons (Fsp3) is 0.143. The number of hydrogen-bond donors (Lipinski definition) is 1. The van der Waals surface area contributed by atoms with Crippen molar-refractivity contribution in [3.8, 4) is 0 Å². The van der Waals surface area contributed by atoms with Crippen LogP contribution in [0, 0.1) is 0 Å². The summed E-state index contributed by atoms with van der Waals surface area (Å²) >= 11 is 0. The van der Waals surface area contributed by atoms with E-state index < -0.39 is 0 Å². The molecule has 0 fully saturated rings. The fourth-order valence-corrected chi connectivity index (χ4v) is 1.03. The normalized spacial score (nSPS) is 12.8. The Balaban J connectivity index is 0.000000605. The van der Waals surface area contributed by atoms with E-state index in [-0.39, 0.29) is 30.7 Å². The molecule has 2 rings (SSSR count). The molecule has 0 radical (unpaired) electrons. The van der Waals surface area contributed by atoms with Crippen LogP contribution in [0.15, 0.2) is 17.3 Å². The molecule has 0 saturated heterocycles. The van der Waals surface area contributed by atoms with E-state index in [0.29, 0.717) is 6.42 Å². The summed E-state index contributed by atoms with van der Waals surface area (Å²) in [4.78, 5) is 17.3. The number of aliphatic imine (C=N–C) groups is 1. The van der Waals surface area contributed by atoms with Gasteiger partial charge in [0.15, 0.2) is 0 Å². The summed E-state index contributed by atoms with van der Waals surface area (Å²) in [6.45, 7) is 0. The van der Waals surface area contributed by atoms with Gasteiger partial charge in [-0.3, -0.25) is 4.79 Å². The number of halogens is 2. The van der Waals surface area contributed by atoms with Crippen LogP contribution in [-0.4, -0.2) is 17.1 Å². The minimum absolute atomic E-state index is 0. The van der Waals surface area contributed by atoms with Crippen LogP contribution in [0.1, 0.15) is 11.3 Å². The van der Waals surface area contributed by atoms with Crippen molar-refractivity contribution in [2.75, 3.05) is 0 Å². The lowest BCUT2D eigenvalue weighted by molar-refractivity contribution is -0.117. The highest BCUT2D eigenvalue weighted by Crippen LogP contribution is 2.09. The first kappa shape index (κ1) is 11.2. The van der Waals surface area contributed by atoms with E-state index in [1.54, 1.807) is 6.21 Å². The summed E-state index contributed by atoms with van der Waals surface area (Å²) in [6, 6.07) is 1.90. The minimum Gasteiger partial charge on any atom is -0.360 e. The van der Waals surface area contributed by atoms with Gasteiger partial charge >= 0.3 is 0 Å². The van der Waals surface area contributed by atoms with Gasteiger partial charge in [0.1, 0.15) is 0 Å². The molecule has 1 aliphatic heterocycles. The average Bonchev–Trinajstić information content (AvgIpc) is 2.33. The van der Waals surface area contributed by atoms with Crippen LogP contribution in [-0.2, 0) is 11.2 Å². The quantitative estimate of drug-likeness (QED) is 0.685. The van der Waals surface area contributed by atoms with Crippen molar-refractivity contribution in [1.29, 1.82) is 0 Å². The highest BCUT2D eigenvalue weighted by atomic mass is 35.5. The lowest BCUT2D eigenvalue weighted by Crippen LogP contribution is -2.06. The van der Waals surface area contributed by atoms with Gasteiger partial charge in [0, 0.05) is 6.20 Å². The number of aromatic nitrogens is 1. The van der Waals surface area contributed by atoms with Gasteiger partial charge in [0.25, 0.3) is 0 Å². The number of aromatic amines is 1. The van der Waals surface area contributed by atoms with E-state index in [9.17, 15) is 4.79 Å². The number of nitrogens with one attached hydrogen (secondary N) is 1. The van der Waals surface area contributed by atoms with Crippen molar-refractivity contribution < 1.29 is 4.79 Å². The third kappa shape index (κ3) is 1.87. The molecule has 0 aromatic carbocycles. The van der Waals surface area contributed by atoms with E-state index in [0.717, 1.165) is 11.3 Å². The van der Waals surface area contributed by atoms with Crippen LogP contribution >= 0.6 is 24.8 Å². The Bertz CT molecular complexity index is 306. The van der Waals surface area contributed by atoms with Gasteiger partial charge in [-0.1, -0.05) is 0 Å². The highest BCUT2D eigenvalue weighted by Gasteiger charge is 2.10. The first-order valence-electron chi connectivity index (χ1n) is 3.09. The first-order chi connectivity index (χ1) is 4.86. The van der Waals surface area contributed by atoms with Gasteiger partial charge < -0.3 is 4.98 Å². The second-order valence-corrected chi connectivity index (χ2v) is 2.25. The molecule has 0 atom stereocenters. The second-order valence-electron chi connectivity index (χ2n) is 2.25. The summed E-state index contributed by atoms with van der Waals surface area (Å²) in [5.74, 6) is -0.0629. The highest BCUT2D eigenvalue weighted by molar-refractivity contribution is 5.97. The van der Waals surface area contributed by atoms with Crippen LogP contribution in [0.3, 0.4) is 0 Å². The van der Waals surface area contributed by atoms with Crippen molar-refractivity contribution in [3.05, 3.63) is 23.5 Å². The molecule has 1 aliphatic rings. The van der Waals surface area contributed by atoms with E-state index in [2.05, 4.69) is 9.98 Å². The van der Waals surface area contributed by atoms with Crippen molar-refractivity contribution in [3.63, 3.8) is 0 Å². The maximum atomic E-state index is 10.7. The third-order valence-corrected chi connectivity index (χ3v) is 1.55. The molecule has 3 nitrogen and oxygen atoms in total. The molecule has 66 valence electrons. The van der Waals surface area contributed by atoms with Crippen molar-refractivity contribution in [2.45, 2.75) is 6.42 Å². The molecule has 0 spiro atoms. The van der Waals surface area contributed by atoms with Gasteiger partial charge in [-0.15, -0.1) is 24.8 Å². The standard InChI is InChI=1S/C7H6N2O.2ClH/c10-7-3-5-1-2-8-6(5)4-9-7;;/h1-2,4,8H,3H2;2*1H. The minimum atomic E-state index is -0.0629. The molecule has 1 N–H and O–H groups in total. The van der Waals surface area contributed by atoms with Crippen molar-refractivity contribution in [1.82, 2.24) is 4.98 Å². The number of fused-ring (bicyclic) bond motifs is 1. The number of amides is 1. The van der Waals surface area contributed by atoms with Gasteiger partial charge in [0.05, 0.1) is 18.3 Å². The monoisotopic (exact) mass is 206 g/mol. The zero-order valence-corrected chi connectivity index (χ0v) is 7.74. The van der Waals surface area contributed by atoms with E-state index in [1.165, 1.54) is 0 Å².